The minimum Gasteiger partial charge on any atom is -0.376 e. The third-order valence-corrected chi connectivity index (χ3v) is 3.60. The van der Waals surface area contributed by atoms with Crippen LogP contribution < -0.4 is 10.4 Å². The van der Waals surface area contributed by atoms with Gasteiger partial charge < -0.3 is 9.47 Å². The van der Waals surface area contributed by atoms with E-state index in [1.807, 2.05) is 65.7 Å². The molecule has 0 radical (unpaired) electrons. The molecule has 3 rings (SSSR count). The Hall–Kier alpha value is -2.37. The second kappa shape index (κ2) is 7.76. The van der Waals surface area contributed by atoms with E-state index in [0.717, 1.165) is 11.3 Å². The molecule has 120 valence electrons. The predicted octanol–water partition coefficient (Wildman–Crippen LogP) is 2.14. The number of hydrogen-bond donors (Lipinski definition) is 1. The number of anilines is 1. The average molecular weight is 312 g/mol. The highest BCUT2D eigenvalue weighted by Gasteiger charge is 2.24. The van der Waals surface area contributed by atoms with Crippen molar-refractivity contribution in [3.8, 4) is 0 Å². The fraction of sp³-hybridized carbons (Fsp3) is 0.278. The van der Waals surface area contributed by atoms with Crippen LogP contribution in [0.4, 0.5) is 5.69 Å². The maximum Gasteiger partial charge on any atom is 0.270 e. The van der Waals surface area contributed by atoms with Gasteiger partial charge in [0.15, 0.2) is 6.10 Å². The maximum absolute atomic E-state index is 12.4. The van der Waals surface area contributed by atoms with Crippen molar-refractivity contribution in [2.75, 3.05) is 24.8 Å². The Morgan fingerprint density at radius 2 is 1.74 bits per heavy atom. The number of hydrazine groups is 1. The number of nitrogens with zero attached hydrogens (tertiary/aromatic N) is 1. The predicted molar refractivity (Wildman–Crippen MR) is 87.8 cm³/mol. The van der Waals surface area contributed by atoms with Crippen LogP contribution in [0, 0.1) is 0 Å². The molecule has 1 aliphatic heterocycles. The van der Waals surface area contributed by atoms with E-state index in [2.05, 4.69) is 5.43 Å². The van der Waals surface area contributed by atoms with E-state index in [1.165, 1.54) is 0 Å². The van der Waals surface area contributed by atoms with Crippen LogP contribution in [0.1, 0.15) is 5.56 Å². The standard InChI is InChI=1S/C18H20N2O3/c21-18(17-14-22-11-12-23-17)19-20(16-9-5-2-6-10-16)13-15-7-3-1-4-8-15/h1-10,17H,11-14H2,(H,19,21)/t17-/m1/s1. The van der Waals surface area contributed by atoms with Crippen LogP contribution in [0.5, 0.6) is 0 Å². The third-order valence-electron chi connectivity index (χ3n) is 3.60. The zero-order chi connectivity index (χ0) is 15.9. The van der Waals surface area contributed by atoms with E-state index in [1.54, 1.807) is 0 Å². The first kappa shape index (κ1) is 15.5. The van der Waals surface area contributed by atoms with Gasteiger partial charge in [0.2, 0.25) is 0 Å². The van der Waals surface area contributed by atoms with Gasteiger partial charge in [-0.15, -0.1) is 0 Å². The van der Waals surface area contributed by atoms with Gasteiger partial charge in [-0.25, -0.2) is 0 Å². The van der Waals surface area contributed by atoms with Gasteiger partial charge >= 0.3 is 0 Å². The third kappa shape index (κ3) is 4.31. The molecule has 1 aliphatic rings. The van der Waals surface area contributed by atoms with Crippen LogP contribution in [0.3, 0.4) is 0 Å². The van der Waals surface area contributed by atoms with Gasteiger partial charge in [0.1, 0.15) is 0 Å². The summed E-state index contributed by atoms with van der Waals surface area (Å²) in [7, 11) is 0. The molecule has 0 aromatic heterocycles. The molecule has 5 nitrogen and oxygen atoms in total. The van der Waals surface area contributed by atoms with Gasteiger partial charge in [0, 0.05) is 0 Å². The quantitative estimate of drug-likeness (QED) is 0.860. The van der Waals surface area contributed by atoms with Crippen LogP contribution in [-0.2, 0) is 20.8 Å². The average Bonchev–Trinajstić information content (AvgIpc) is 2.63. The van der Waals surface area contributed by atoms with Gasteiger partial charge in [0.05, 0.1) is 32.1 Å². The normalized spacial score (nSPS) is 17.5. The molecule has 2 aromatic rings. The van der Waals surface area contributed by atoms with Gasteiger partial charge in [-0.2, -0.15) is 0 Å². The molecule has 23 heavy (non-hydrogen) atoms. The summed E-state index contributed by atoms with van der Waals surface area (Å²) in [6, 6.07) is 19.8. The molecule has 1 amide bonds. The van der Waals surface area contributed by atoms with Crippen molar-refractivity contribution in [2.24, 2.45) is 0 Å². The molecule has 1 atom stereocenters. The summed E-state index contributed by atoms with van der Waals surface area (Å²) in [5.74, 6) is -0.190. The number of hydrogen-bond acceptors (Lipinski definition) is 4. The molecule has 0 bridgehead atoms. The lowest BCUT2D eigenvalue weighted by Gasteiger charge is -2.29. The van der Waals surface area contributed by atoms with Crippen molar-refractivity contribution in [3.05, 3.63) is 66.2 Å². The molecule has 1 fully saturated rings. The number of para-hydroxylation sites is 1. The van der Waals surface area contributed by atoms with Crippen LogP contribution in [0.2, 0.25) is 0 Å². The van der Waals surface area contributed by atoms with Gasteiger partial charge in [-0.05, 0) is 17.7 Å². The minimum atomic E-state index is -0.564. The molecule has 5 heteroatoms. The topological polar surface area (TPSA) is 50.8 Å². The van der Waals surface area contributed by atoms with Crippen molar-refractivity contribution in [3.63, 3.8) is 0 Å². The first-order valence-electron chi connectivity index (χ1n) is 7.69. The van der Waals surface area contributed by atoms with E-state index in [4.69, 9.17) is 9.47 Å². The highest BCUT2D eigenvalue weighted by Crippen LogP contribution is 2.15. The van der Waals surface area contributed by atoms with Crippen LogP contribution in [0.15, 0.2) is 60.7 Å². The highest BCUT2D eigenvalue weighted by atomic mass is 16.6. The van der Waals surface area contributed by atoms with Crippen molar-refractivity contribution in [1.82, 2.24) is 5.43 Å². The van der Waals surface area contributed by atoms with Crippen molar-refractivity contribution >= 4 is 11.6 Å². The molecule has 2 aromatic carbocycles. The van der Waals surface area contributed by atoms with Crippen molar-refractivity contribution < 1.29 is 14.3 Å². The minimum absolute atomic E-state index is 0.190. The highest BCUT2D eigenvalue weighted by molar-refractivity contribution is 5.82. The Morgan fingerprint density at radius 3 is 2.39 bits per heavy atom. The summed E-state index contributed by atoms with van der Waals surface area (Å²) in [5, 5.41) is 1.83. The number of carbonyl (C=O) groups is 1. The van der Waals surface area contributed by atoms with Gasteiger partial charge in [-0.1, -0.05) is 48.5 Å². The lowest BCUT2D eigenvalue weighted by atomic mass is 10.2. The second-order valence-corrected chi connectivity index (χ2v) is 5.32. The largest absolute Gasteiger partial charge is 0.376 e. The van der Waals surface area contributed by atoms with E-state index < -0.39 is 6.10 Å². The van der Waals surface area contributed by atoms with Gasteiger partial charge in [-0.3, -0.25) is 15.2 Å². The Kier molecular flexibility index (Phi) is 5.24. The lowest BCUT2D eigenvalue weighted by molar-refractivity contribution is -0.147. The van der Waals surface area contributed by atoms with E-state index in [9.17, 15) is 4.79 Å². The molecule has 0 spiro atoms. The maximum atomic E-state index is 12.4. The SMILES string of the molecule is O=C(NN(Cc1ccccc1)c1ccccc1)[C@H]1COCCO1. The molecule has 1 heterocycles. The Labute approximate surface area is 135 Å². The molecular weight excluding hydrogens is 292 g/mol. The molecule has 1 N–H and O–H groups in total. The monoisotopic (exact) mass is 312 g/mol. The summed E-state index contributed by atoms with van der Waals surface area (Å²) in [4.78, 5) is 12.4. The number of benzene rings is 2. The second-order valence-electron chi connectivity index (χ2n) is 5.32. The summed E-state index contributed by atoms with van der Waals surface area (Å²) < 4.78 is 10.8. The van der Waals surface area contributed by atoms with E-state index >= 15 is 0 Å². The molecule has 1 saturated heterocycles. The Bertz CT molecular complexity index is 613. The zero-order valence-corrected chi connectivity index (χ0v) is 12.9. The Morgan fingerprint density at radius 1 is 1.04 bits per heavy atom. The van der Waals surface area contributed by atoms with Gasteiger partial charge in [0.25, 0.3) is 5.91 Å². The fourth-order valence-electron chi connectivity index (χ4n) is 2.41. The van der Waals surface area contributed by atoms with E-state index in [-0.39, 0.29) is 5.91 Å². The smallest absolute Gasteiger partial charge is 0.270 e. The van der Waals surface area contributed by atoms with Crippen LogP contribution in [-0.4, -0.2) is 31.8 Å². The number of carbonyl (C=O) groups excluding carboxylic acids is 1. The Balaban J connectivity index is 1.73. The summed E-state index contributed by atoms with van der Waals surface area (Å²) in [6.07, 6.45) is -0.564. The fourth-order valence-corrected chi connectivity index (χ4v) is 2.41. The van der Waals surface area contributed by atoms with Crippen LogP contribution in [0.25, 0.3) is 0 Å². The first-order valence-corrected chi connectivity index (χ1v) is 7.69. The molecular formula is C18H20N2O3. The van der Waals surface area contributed by atoms with Crippen molar-refractivity contribution in [2.45, 2.75) is 12.6 Å². The summed E-state index contributed by atoms with van der Waals surface area (Å²) in [5.41, 5.74) is 4.97. The lowest BCUT2D eigenvalue weighted by Crippen LogP contribution is -2.50. The number of ether oxygens (including phenoxy) is 2. The number of rotatable bonds is 5. The molecule has 0 unspecified atom stereocenters. The summed E-state index contributed by atoms with van der Waals surface area (Å²) in [6.45, 7) is 1.85. The van der Waals surface area contributed by atoms with Crippen LogP contribution >= 0.6 is 0 Å². The molecule has 0 aliphatic carbocycles. The molecule has 0 saturated carbocycles. The van der Waals surface area contributed by atoms with E-state index in [0.29, 0.717) is 26.4 Å². The van der Waals surface area contributed by atoms with Crippen molar-refractivity contribution in [1.29, 1.82) is 0 Å². The first-order chi connectivity index (χ1) is 11.3. The zero-order valence-electron chi connectivity index (χ0n) is 12.9. The number of amides is 1. The number of nitrogens with one attached hydrogen (secondary N) is 1. The summed E-state index contributed by atoms with van der Waals surface area (Å²) >= 11 is 0.